The van der Waals surface area contributed by atoms with Crippen LogP contribution in [0.3, 0.4) is 0 Å². The molecule has 0 bridgehead atoms. The third-order valence-corrected chi connectivity index (χ3v) is 3.93. The first-order chi connectivity index (χ1) is 8.36. The second-order valence-electron chi connectivity index (χ2n) is 5.79. The maximum Gasteiger partial charge on any atom is 0.133 e. The second-order valence-corrected chi connectivity index (χ2v) is 6.64. The van der Waals surface area contributed by atoms with E-state index in [-0.39, 0.29) is 11.0 Å². The molecule has 0 radical (unpaired) electrons. The summed E-state index contributed by atoms with van der Waals surface area (Å²) in [5, 5.41) is 0. The minimum Gasteiger partial charge on any atom is -0.496 e. The number of halogens is 1. The van der Waals surface area contributed by atoms with E-state index in [1.807, 2.05) is 6.07 Å². The lowest BCUT2D eigenvalue weighted by molar-refractivity contribution is -0.0719. The van der Waals surface area contributed by atoms with E-state index in [4.69, 9.17) is 15.2 Å². The molecule has 0 atom stereocenters. The molecular weight excluding hydrogens is 294 g/mol. The summed E-state index contributed by atoms with van der Waals surface area (Å²) in [5.74, 6) is 0.848. The Morgan fingerprint density at radius 1 is 1.44 bits per heavy atom. The van der Waals surface area contributed by atoms with Gasteiger partial charge in [-0.25, -0.2) is 0 Å². The van der Waals surface area contributed by atoms with Gasteiger partial charge in [-0.15, -0.1) is 0 Å². The molecule has 0 aromatic heterocycles. The molecule has 3 nitrogen and oxygen atoms in total. The van der Waals surface area contributed by atoms with Gasteiger partial charge in [0.1, 0.15) is 5.75 Å². The molecule has 2 N–H and O–H groups in total. The molecular formula is C14H20BrNO2. The third-order valence-electron chi connectivity index (χ3n) is 3.31. The first kappa shape index (κ1) is 13.8. The Balaban J connectivity index is 2.30. The lowest BCUT2D eigenvalue weighted by Gasteiger charge is -2.45. The number of hydrogen-bond donors (Lipinski definition) is 1. The SMILES string of the molecule is COc1ccc(C2(CC(C)(C)N)COC2)cc1Br. The van der Waals surface area contributed by atoms with Crippen LogP contribution in [0.5, 0.6) is 5.75 Å². The molecule has 2 rings (SSSR count). The van der Waals surface area contributed by atoms with E-state index in [0.29, 0.717) is 0 Å². The summed E-state index contributed by atoms with van der Waals surface area (Å²) >= 11 is 3.54. The summed E-state index contributed by atoms with van der Waals surface area (Å²) in [4.78, 5) is 0. The van der Waals surface area contributed by atoms with Crippen LogP contribution in [0.4, 0.5) is 0 Å². The smallest absolute Gasteiger partial charge is 0.133 e. The molecule has 1 fully saturated rings. The van der Waals surface area contributed by atoms with Crippen molar-refractivity contribution in [2.75, 3.05) is 20.3 Å². The van der Waals surface area contributed by atoms with Crippen molar-refractivity contribution in [1.29, 1.82) is 0 Å². The second kappa shape index (κ2) is 4.83. The highest BCUT2D eigenvalue weighted by atomic mass is 79.9. The summed E-state index contributed by atoms with van der Waals surface area (Å²) in [6, 6.07) is 6.22. The largest absolute Gasteiger partial charge is 0.496 e. The maximum absolute atomic E-state index is 6.17. The fraction of sp³-hybridized carbons (Fsp3) is 0.571. The van der Waals surface area contributed by atoms with Crippen LogP contribution in [0.2, 0.25) is 0 Å². The van der Waals surface area contributed by atoms with Crippen molar-refractivity contribution in [3.63, 3.8) is 0 Å². The van der Waals surface area contributed by atoms with Crippen molar-refractivity contribution in [2.45, 2.75) is 31.2 Å². The topological polar surface area (TPSA) is 44.5 Å². The van der Waals surface area contributed by atoms with E-state index in [1.54, 1.807) is 7.11 Å². The fourth-order valence-electron chi connectivity index (χ4n) is 2.59. The highest BCUT2D eigenvalue weighted by Crippen LogP contribution is 2.41. The lowest BCUT2D eigenvalue weighted by atomic mass is 9.71. The van der Waals surface area contributed by atoms with Crippen LogP contribution >= 0.6 is 15.9 Å². The minimum absolute atomic E-state index is 0.0487. The molecule has 1 heterocycles. The van der Waals surface area contributed by atoms with Crippen LogP contribution in [-0.2, 0) is 10.2 Å². The van der Waals surface area contributed by atoms with E-state index >= 15 is 0 Å². The molecule has 100 valence electrons. The highest BCUT2D eigenvalue weighted by Gasteiger charge is 2.43. The van der Waals surface area contributed by atoms with Gasteiger partial charge in [0.05, 0.1) is 24.8 Å². The Kier molecular flexibility index (Phi) is 3.72. The van der Waals surface area contributed by atoms with Crippen molar-refractivity contribution in [3.8, 4) is 5.75 Å². The normalized spacial score (nSPS) is 18.3. The Labute approximate surface area is 117 Å². The zero-order valence-corrected chi connectivity index (χ0v) is 12.7. The van der Waals surface area contributed by atoms with E-state index in [1.165, 1.54) is 5.56 Å². The Bertz CT molecular complexity index is 436. The molecule has 1 saturated heterocycles. The lowest BCUT2D eigenvalue weighted by Crippen LogP contribution is -2.53. The molecule has 1 aliphatic rings. The number of nitrogens with two attached hydrogens (primary N) is 1. The predicted molar refractivity (Wildman–Crippen MR) is 76.1 cm³/mol. The molecule has 18 heavy (non-hydrogen) atoms. The van der Waals surface area contributed by atoms with Crippen LogP contribution in [0, 0.1) is 0 Å². The Morgan fingerprint density at radius 2 is 2.11 bits per heavy atom. The number of benzene rings is 1. The maximum atomic E-state index is 6.17. The van der Waals surface area contributed by atoms with Crippen LogP contribution in [-0.4, -0.2) is 25.9 Å². The van der Waals surface area contributed by atoms with Gasteiger partial charge in [-0.05, 0) is 53.9 Å². The number of hydrogen-bond acceptors (Lipinski definition) is 3. The highest BCUT2D eigenvalue weighted by molar-refractivity contribution is 9.10. The summed E-state index contributed by atoms with van der Waals surface area (Å²) in [6.07, 6.45) is 0.915. The zero-order valence-electron chi connectivity index (χ0n) is 11.1. The summed E-state index contributed by atoms with van der Waals surface area (Å²) < 4.78 is 11.7. The van der Waals surface area contributed by atoms with E-state index in [2.05, 4.69) is 41.9 Å². The van der Waals surface area contributed by atoms with Crippen molar-refractivity contribution >= 4 is 15.9 Å². The molecule has 4 heteroatoms. The minimum atomic E-state index is -0.198. The number of rotatable bonds is 4. The van der Waals surface area contributed by atoms with Crippen LogP contribution in [0.15, 0.2) is 22.7 Å². The fourth-order valence-corrected chi connectivity index (χ4v) is 3.13. The molecule has 1 aliphatic heterocycles. The molecule has 1 aromatic carbocycles. The van der Waals surface area contributed by atoms with Gasteiger partial charge in [-0.1, -0.05) is 6.07 Å². The Morgan fingerprint density at radius 3 is 2.50 bits per heavy atom. The van der Waals surface area contributed by atoms with E-state index in [9.17, 15) is 0 Å². The van der Waals surface area contributed by atoms with Crippen LogP contribution in [0.25, 0.3) is 0 Å². The summed E-state index contributed by atoms with van der Waals surface area (Å²) in [5.41, 5.74) is 7.28. The molecule has 0 amide bonds. The standard InChI is InChI=1S/C14H20BrNO2/c1-13(2,16)7-14(8-18-9-14)10-4-5-12(17-3)11(15)6-10/h4-6H,7-9,16H2,1-3H3. The third kappa shape index (κ3) is 2.71. The van der Waals surface area contributed by atoms with Gasteiger partial charge in [0, 0.05) is 11.0 Å². The molecule has 0 spiro atoms. The molecule has 0 aliphatic carbocycles. The Hall–Kier alpha value is -0.580. The van der Waals surface area contributed by atoms with Crippen molar-refractivity contribution in [2.24, 2.45) is 5.73 Å². The molecule has 1 aromatic rings. The van der Waals surface area contributed by atoms with Gasteiger partial charge >= 0.3 is 0 Å². The zero-order chi connectivity index (χ0) is 13.4. The quantitative estimate of drug-likeness (QED) is 0.929. The predicted octanol–water partition coefficient (Wildman–Crippen LogP) is 2.85. The van der Waals surface area contributed by atoms with Gasteiger partial charge in [0.15, 0.2) is 0 Å². The number of methoxy groups -OCH3 is 1. The van der Waals surface area contributed by atoms with Crippen LogP contribution < -0.4 is 10.5 Å². The van der Waals surface area contributed by atoms with Crippen molar-refractivity contribution in [1.82, 2.24) is 0 Å². The van der Waals surface area contributed by atoms with Crippen molar-refractivity contribution in [3.05, 3.63) is 28.2 Å². The van der Waals surface area contributed by atoms with Gasteiger partial charge < -0.3 is 15.2 Å². The van der Waals surface area contributed by atoms with Gasteiger partial charge in [0.25, 0.3) is 0 Å². The average molecular weight is 314 g/mol. The summed E-state index contributed by atoms with van der Waals surface area (Å²) in [6.45, 7) is 5.61. The van der Waals surface area contributed by atoms with Gasteiger partial charge in [-0.2, -0.15) is 0 Å². The first-order valence-corrected chi connectivity index (χ1v) is 6.86. The molecule has 0 unspecified atom stereocenters. The number of ether oxygens (including phenoxy) is 2. The van der Waals surface area contributed by atoms with E-state index in [0.717, 1.165) is 29.9 Å². The first-order valence-electron chi connectivity index (χ1n) is 6.07. The van der Waals surface area contributed by atoms with Crippen LogP contribution in [0.1, 0.15) is 25.8 Å². The van der Waals surface area contributed by atoms with E-state index < -0.39 is 0 Å². The molecule has 0 saturated carbocycles. The summed E-state index contributed by atoms with van der Waals surface area (Å²) in [7, 11) is 1.67. The van der Waals surface area contributed by atoms with Crippen molar-refractivity contribution < 1.29 is 9.47 Å². The van der Waals surface area contributed by atoms with Gasteiger partial charge in [-0.3, -0.25) is 0 Å². The van der Waals surface area contributed by atoms with Gasteiger partial charge in [0.2, 0.25) is 0 Å². The average Bonchev–Trinajstić information content (AvgIpc) is 2.22. The monoisotopic (exact) mass is 313 g/mol.